The van der Waals surface area contributed by atoms with Crippen molar-refractivity contribution in [1.29, 1.82) is 0 Å². The first kappa shape index (κ1) is 13.0. The number of carbonyl (C=O) groups excluding carboxylic acids is 1. The van der Waals surface area contributed by atoms with Gasteiger partial charge < -0.3 is 0 Å². The third-order valence-corrected chi connectivity index (χ3v) is 4.59. The van der Waals surface area contributed by atoms with Gasteiger partial charge >= 0.3 is 0 Å². The molecule has 3 heteroatoms. The highest BCUT2D eigenvalue weighted by atomic mass is 32.1. The quantitative estimate of drug-likeness (QED) is 0.668. The van der Waals surface area contributed by atoms with Crippen molar-refractivity contribution in [3.05, 3.63) is 64.2 Å². The number of thiazole rings is 1. The highest BCUT2D eigenvalue weighted by molar-refractivity contribution is 7.18. The van der Waals surface area contributed by atoms with Crippen LogP contribution in [0.5, 0.6) is 0 Å². The van der Waals surface area contributed by atoms with Crippen LogP contribution in [-0.4, -0.2) is 10.8 Å². The van der Waals surface area contributed by atoms with Crippen LogP contribution in [0.3, 0.4) is 0 Å². The Balaban J connectivity index is 1.90. The lowest BCUT2D eigenvalue weighted by Crippen LogP contribution is -2.06. The molecule has 0 aliphatic carbocycles. The summed E-state index contributed by atoms with van der Waals surface area (Å²) in [6.07, 6.45) is 0.379. The molecule has 3 rings (SSSR count). The third kappa shape index (κ3) is 2.37. The molecular formula is C17H15NOS. The summed E-state index contributed by atoms with van der Waals surface area (Å²) >= 11 is 1.60. The topological polar surface area (TPSA) is 30.0 Å². The maximum atomic E-state index is 12.4. The van der Waals surface area contributed by atoms with Gasteiger partial charge in [0, 0.05) is 5.56 Å². The molecule has 2 nitrogen and oxygen atoms in total. The number of carbonyl (C=O) groups is 1. The highest BCUT2D eigenvalue weighted by Gasteiger charge is 2.13. The monoisotopic (exact) mass is 281 g/mol. The summed E-state index contributed by atoms with van der Waals surface area (Å²) in [7, 11) is 0. The predicted molar refractivity (Wildman–Crippen MR) is 83.6 cm³/mol. The fraction of sp³-hybridized carbons (Fsp3) is 0.176. The number of benzene rings is 2. The summed E-state index contributed by atoms with van der Waals surface area (Å²) in [5.74, 6) is 0.144. The summed E-state index contributed by atoms with van der Waals surface area (Å²) in [5.41, 5.74) is 4.00. The van der Waals surface area contributed by atoms with E-state index in [1.165, 1.54) is 0 Å². The van der Waals surface area contributed by atoms with E-state index < -0.39 is 0 Å². The second-order valence-electron chi connectivity index (χ2n) is 4.92. The van der Waals surface area contributed by atoms with Crippen LogP contribution >= 0.6 is 11.3 Å². The number of para-hydroxylation sites is 1. The van der Waals surface area contributed by atoms with Crippen LogP contribution in [0.1, 0.15) is 26.5 Å². The summed E-state index contributed by atoms with van der Waals surface area (Å²) in [5, 5.41) is 0.886. The Hall–Kier alpha value is -2.00. The summed E-state index contributed by atoms with van der Waals surface area (Å²) < 4.78 is 1.14. The van der Waals surface area contributed by atoms with E-state index >= 15 is 0 Å². The van der Waals surface area contributed by atoms with Gasteiger partial charge in [-0.15, -0.1) is 11.3 Å². The van der Waals surface area contributed by atoms with Crippen LogP contribution in [0.15, 0.2) is 42.5 Å². The lowest BCUT2D eigenvalue weighted by molar-refractivity contribution is 0.0992. The Bertz CT molecular complexity index is 756. The van der Waals surface area contributed by atoms with Crippen molar-refractivity contribution in [2.75, 3.05) is 0 Å². The standard InChI is InChI=1S/C17H15NOS/c1-11-6-5-7-13(12(11)2)15(19)10-17-18-14-8-3-4-9-16(14)20-17/h3-9H,10H2,1-2H3. The van der Waals surface area contributed by atoms with Gasteiger partial charge in [0.15, 0.2) is 5.78 Å². The van der Waals surface area contributed by atoms with Crippen LogP contribution in [0.2, 0.25) is 0 Å². The molecule has 1 aromatic heterocycles. The van der Waals surface area contributed by atoms with E-state index in [4.69, 9.17) is 0 Å². The second kappa shape index (κ2) is 5.17. The molecule has 100 valence electrons. The van der Waals surface area contributed by atoms with Crippen LogP contribution in [0.25, 0.3) is 10.2 Å². The molecule has 0 aliphatic rings. The van der Waals surface area contributed by atoms with Gasteiger partial charge in [0.05, 0.1) is 16.6 Å². The first-order valence-electron chi connectivity index (χ1n) is 6.59. The number of nitrogens with zero attached hydrogens (tertiary/aromatic N) is 1. The third-order valence-electron chi connectivity index (χ3n) is 3.55. The Labute approximate surface area is 122 Å². The molecule has 0 saturated carbocycles. The molecule has 0 unspecified atom stereocenters. The maximum absolute atomic E-state index is 12.4. The minimum Gasteiger partial charge on any atom is -0.294 e. The minimum atomic E-state index is 0.144. The van der Waals surface area contributed by atoms with Gasteiger partial charge in [0.1, 0.15) is 5.01 Å². The Kier molecular flexibility index (Phi) is 3.36. The van der Waals surface area contributed by atoms with Gasteiger partial charge in [-0.05, 0) is 37.1 Å². The van der Waals surface area contributed by atoms with E-state index in [0.29, 0.717) is 6.42 Å². The molecular weight excluding hydrogens is 266 g/mol. The number of rotatable bonds is 3. The van der Waals surface area contributed by atoms with E-state index in [0.717, 1.165) is 31.9 Å². The summed E-state index contributed by atoms with van der Waals surface area (Å²) in [4.78, 5) is 17.0. The molecule has 0 fully saturated rings. The smallest absolute Gasteiger partial charge is 0.169 e. The molecule has 0 saturated heterocycles. The largest absolute Gasteiger partial charge is 0.294 e. The van der Waals surface area contributed by atoms with Crippen molar-refractivity contribution in [2.24, 2.45) is 0 Å². The fourth-order valence-corrected chi connectivity index (χ4v) is 3.25. The van der Waals surface area contributed by atoms with E-state index in [9.17, 15) is 4.79 Å². The van der Waals surface area contributed by atoms with Crippen molar-refractivity contribution >= 4 is 27.3 Å². The predicted octanol–water partition coefficient (Wildman–Crippen LogP) is 4.34. The van der Waals surface area contributed by atoms with Gasteiger partial charge in [0.2, 0.25) is 0 Å². The van der Waals surface area contributed by atoms with Crippen molar-refractivity contribution in [3.63, 3.8) is 0 Å². The SMILES string of the molecule is Cc1cccc(C(=O)Cc2nc3ccccc3s2)c1C. The molecule has 0 spiro atoms. The normalized spacial score (nSPS) is 10.9. The molecule has 0 aliphatic heterocycles. The van der Waals surface area contributed by atoms with E-state index in [-0.39, 0.29) is 5.78 Å². The number of ketones is 1. The van der Waals surface area contributed by atoms with Crippen molar-refractivity contribution in [3.8, 4) is 0 Å². The fourth-order valence-electron chi connectivity index (χ4n) is 2.28. The van der Waals surface area contributed by atoms with Crippen LogP contribution in [0, 0.1) is 13.8 Å². The zero-order chi connectivity index (χ0) is 14.1. The first-order valence-corrected chi connectivity index (χ1v) is 7.40. The van der Waals surface area contributed by atoms with Crippen LogP contribution < -0.4 is 0 Å². The van der Waals surface area contributed by atoms with E-state index in [2.05, 4.69) is 4.98 Å². The molecule has 1 heterocycles. The Morgan fingerprint density at radius 1 is 1.10 bits per heavy atom. The number of aromatic nitrogens is 1. The molecule has 0 bridgehead atoms. The molecule has 0 radical (unpaired) electrons. The number of hydrogen-bond acceptors (Lipinski definition) is 3. The molecule has 2 aromatic carbocycles. The van der Waals surface area contributed by atoms with Gasteiger partial charge in [-0.25, -0.2) is 4.98 Å². The number of hydrogen-bond donors (Lipinski definition) is 0. The Morgan fingerprint density at radius 2 is 1.90 bits per heavy atom. The maximum Gasteiger partial charge on any atom is 0.169 e. The molecule has 0 N–H and O–H groups in total. The molecule has 0 amide bonds. The lowest BCUT2D eigenvalue weighted by atomic mass is 9.99. The Morgan fingerprint density at radius 3 is 2.70 bits per heavy atom. The van der Waals surface area contributed by atoms with E-state index in [1.807, 2.05) is 56.3 Å². The summed E-state index contributed by atoms with van der Waals surface area (Å²) in [6, 6.07) is 13.9. The average Bonchev–Trinajstić information content (AvgIpc) is 2.83. The number of aryl methyl sites for hydroxylation is 1. The molecule has 3 aromatic rings. The molecule has 0 atom stereocenters. The van der Waals surface area contributed by atoms with Gasteiger partial charge in [-0.2, -0.15) is 0 Å². The zero-order valence-corrected chi connectivity index (χ0v) is 12.3. The van der Waals surface area contributed by atoms with Gasteiger partial charge in [-0.3, -0.25) is 4.79 Å². The molecule has 20 heavy (non-hydrogen) atoms. The average molecular weight is 281 g/mol. The summed E-state index contributed by atoms with van der Waals surface area (Å²) in [6.45, 7) is 4.03. The minimum absolute atomic E-state index is 0.144. The van der Waals surface area contributed by atoms with Crippen LogP contribution in [0.4, 0.5) is 0 Å². The van der Waals surface area contributed by atoms with Crippen molar-refractivity contribution < 1.29 is 4.79 Å². The number of Topliss-reactive ketones (excluding diaryl/α,β-unsaturated/α-hetero) is 1. The van der Waals surface area contributed by atoms with E-state index in [1.54, 1.807) is 11.3 Å². The zero-order valence-electron chi connectivity index (χ0n) is 11.5. The highest BCUT2D eigenvalue weighted by Crippen LogP contribution is 2.23. The van der Waals surface area contributed by atoms with Gasteiger partial charge in [-0.1, -0.05) is 30.3 Å². The van der Waals surface area contributed by atoms with Crippen molar-refractivity contribution in [1.82, 2.24) is 4.98 Å². The number of fused-ring (bicyclic) bond motifs is 1. The second-order valence-corrected chi connectivity index (χ2v) is 6.04. The van der Waals surface area contributed by atoms with Crippen molar-refractivity contribution in [2.45, 2.75) is 20.3 Å². The van der Waals surface area contributed by atoms with Crippen LogP contribution in [-0.2, 0) is 6.42 Å². The lowest BCUT2D eigenvalue weighted by Gasteiger charge is -2.06. The first-order chi connectivity index (χ1) is 9.65. The van der Waals surface area contributed by atoms with Gasteiger partial charge in [0.25, 0.3) is 0 Å².